The molecule has 4 nitrogen and oxygen atoms in total. The summed E-state index contributed by atoms with van der Waals surface area (Å²) in [5, 5.41) is 7.15. The van der Waals surface area contributed by atoms with Crippen molar-refractivity contribution < 1.29 is 4.39 Å². The summed E-state index contributed by atoms with van der Waals surface area (Å²) in [4.78, 5) is 0.168. The fraction of sp³-hybridized carbons (Fsp3) is 0.231. The highest BCUT2D eigenvalue weighted by Crippen LogP contribution is 2.27. The molecule has 106 valence electrons. The van der Waals surface area contributed by atoms with Gasteiger partial charge in [-0.1, -0.05) is 12.2 Å². The molecule has 0 radical (unpaired) electrons. The summed E-state index contributed by atoms with van der Waals surface area (Å²) < 4.78 is 16.2. The summed E-state index contributed by atoms with van der Waals surface area (Å²) in [7, 11) is 0. The third kappa shape index (κ3) is 3.55. The molecule has 1 aromatic heterocycles. The van der Waals surface area contributed by atoms with Crippen molar-refractivity contribution in [2.45, 2.75) is 13.0 Å². The summed E-state index contributed by atoms with van der Waals surface area (Å²) in [6, 6.07) is 5.21. The lowest BCUT2D eigenvalue weighted by atomic mass is 10.2. The van der Waals surface area contributed by atoms with Crippen molar-refractivity contribution in [1.82, 2.24) is 9.78 Å². The molecule has 0 bridgehead atoms. The summed E-state index contributed by atoms with van der Waals surface area (Å²) in [6.07, 6.45) is 4.47. The molecule has 3 N–H and O–H groups in total. The highest BCUT2D eigenvalue weighted by molar-refractivity contribution is 9.10. The third-order valence-corrected chi connectivity index (χ3v) is 3.78. The van der Waals surface area contributed by atoms with E-state index in [1.165, 1.54) is 0 Å². The van der Waals surface area contributed by atoms with Crippen LogP contribution in [0.1, 0.15) is 12.0 Å². The van der Waals surface area contributed by atoms with Crippen LogP contribution in [0, 0.1) is 5.82 Å². The number of nitrogens with zero attached hydrogens (tertiary/aromatic N) is 2. The Morgan fingerprint density at radius 3 is 2.95 bits per heavy atom. The molecule has 0 aliphatic rings. The van der Waals surface area contributed by atoms with Gasteiger partial charge < -0.3 is 11.1 Å². The number of nitrogens with two attached hydrogens (primary N) is 1. The SMILES string of the molecule is NC(=S)c1ccc(NCCCn2cccn2)c(F)c1Br. The van der Waals surface area contributed by atoms with Gasteiger partial charge in [-0.2, -0.15) is 5.10 Å². The highest BCUT2D eigenvalue weighted by Gasteiger charge is 2.12. The Balaban J connectivity index is 1.93. The number of thiocarbonyl (C=S) groups is 1. The molecule has 0 atom stereocenters. The molecule has 0 unspecified atom stereocenters. The highest BCUT2D eigenvalue weighted by atomic mass is 79.9. The first kappa shape index (κ1) is 14.9. The molecule has 0 aliphatic heterocycles. The lowest BCUT2D eigenvalue weighted by molar-refractivity contribution is 0.588. The maximum Gasteiger partial charge on any atom is 0.161 e. The lowest BCUT2D eigenvalue weighted by Crippen LogP contribution is -2.13. The number of hydrogen-bond acceptors (Lipinski definition) is 3. The summed E-state index contributed by atoms with van der Waals surface area (Å²) >= 11 is 8.03. The van der Waals surface area contributed by atoms with Gasteiger partial charge in [0.1, 0.15) is 4.99 Å². The topological polar surface area (TPSA) is 55.9 Å². The number of halogens is 2. The van der Waals surface area contributed by atoms with Crippen LogP contribution in [0.3, 0.4) is 0 Å². The van der Waals surface area contributed by atoms with E-state index in [-0.39, 0.29) is 10.8 Å². The molecular formula is C13H14BrFN4S. The van der Waals surface area contributed by atoms with Crippen LogP contribution in [0.25, 0.3) is 0 Å². The normalized spacial score (nSPS) is 10.5. The van der Waals surface area contributed by atoms with E-state index in [1.54, 1.807) is 18.3 Å². The van der Waals surface area contributed by atoms with Crippen LogP contribution in [-0.4, -0.2) is 21.3 Å². The van der Waals surface area contributed by atoms with E-state index in [2.05, 4.69) is 26.3 Å². The van der Waals surface area contributed by atoms with Crippen molar-refractivity contribution in [3.63, 3.8) is 0 Å². The predicted molar refractivity (Wildman–Crippen MR) is 85.3 cm³/mol. The molecule has 2 aromatic rings. The third-order valence-electron chi connectivity index (χ3n) is 2.79. The van der Waals surface area contributed by atoms with Crippen molar-refractivity contribution in [3.8, 4) is 0 Å². The van der Waals surface area contributed by atoms with Gasteiger partial charge in [0.2, 0.25) is 0 Å². The van der Waals surface area contributed by atoms with Crippen molar-refractivity contribution in [3.05, 3.63) is 46.4 Å². The van der Waals surface area contributed by atoms with Gasteiger partial charge in [-0.15, -0.1) is 0 Å². The summed E-state index contributed by atoms with van der Waals surface area (Å²) in [5.74, 6) is -0.380. The molecule has 2 rings (SSSR count). The number of aryl methyl sites for hydroxylation is 1. The van der Waals surface area contributed by atoms with Crippen LogP contribution in [0.2, 0.25) is 0 Å². The van der Waals surface area contributed by atoms with Crippen LogP contribution in [-0.2, 0) is 6.54 Å². The Morgan fingerprint density at radius 2 is 2.30 bits per heavy atom. The van der Waals surface area contributed by atoms with Crippen LogP contribution in [0.15, 0.2) is 35.1 Å². The van der Waals surface area contributed by atoms with Crippen molar-refractivity contribution >= 4 is 38.8 Å². The second kappa shape index (κ2) is 6.81. The van der Waals surface area contributed by atoms with E-state index in [9.17, 15) is 4.39 Å². The number of aromatic nitrogens is 2. The molecule has 0 fully saturated rings. The van der Waals surface area contributed by atoms with E-state index >= 15 is 0 Å². The van der Waals surface area contributed by atoms with Crippen LogP contribution < -0.4 is 11.1 Å². The van der Waals surface area contributed by atoms with Crippen molar-refractivity contribution in [2.24, 2.45) is 5.73 Å². The minimum Gasteiger partial charge on any atom is -0.389 e. The molecule has 0 saturated heterocycles. The Labute approximate surface area is 130 Å². The Bertz CT molecular complexity index is 601. The first-order valence-electron chi connectivity index (χ1n) is 6.08. The fourth-order valence-corrected chi connectivity index (χ4v) is 2.63. The monoisotopic (exact) mass is 356 g/mol. The van der Waals surface area contributed by atoms with E-state index in [0.29, 0.717) is 22.3 Å². The molecule has 1 heterocycles. The Morgan fingerprint density at radius 1 is 1.50 bits per heavy atom. The van der Waals surface area contributed by atoms with E-state index < -0.39 is 0 Å². The second-order valence-electron chi connectivity index (χ2n) is 4.20. The van der Waals surface area contributed by atoms with Gasteiger partial charge in [-0.3, -0.25) is 4.68 Å². The van der Waals surface area contributed by atoms with Crippen LogP contribution >= 0.6 is 28.1 Å². The first-order valence-corrected chi connectivity index (χ1v) is 7.29. The van der Waals surface area contributed by atoms with Crippen molar-refractivity contribution in [2.75, 3.05) is 11.9 Å². The second-order valence-corrected chi connectivity index (χ2v) is 5.44. The van der Waals surface area contributed by atoms with Gasteiger partial charge in [-0.05, 0) is 40.5 Å². The van der Waals surface area contributed by atoms with Gasteiger partial charge in [0.25, 0.3) is 0 Å². The fourth-order valence-electron chi connectivity index (χ4n) is 1.77. The molecule has 7 heteroatoms. The van der Waals surface area contributed by atoms with E-state index in [0.717, 1.165) is 13.0 Å². The summed E-state index contributed by atoms with van der Waals surface area (Å²) in [6.45, 7) is 1.43. The first-order chi connectivity index (χ1) is 9.59. The average molecular weight is 357 g/mol. The quantitative estimate of drug-likeness (QED) is 0.617. The molecule has 0 aliphatic carbocycles. The predicted octanol–water partition coefficient (Wildman–Crippen LogP) is 2.92. The van der Waals surface area contributed by atoms with E-state index in [1.807, 2.05) is 16.9 Å². The molecule has 1 aromatic carbocycles. The van der Waals surface area contributed by atoms with E-state index in [4.69, 9.17) is 18.0 Å². The Hall–Kier alpha value is -1.47. The van der Waals surface area contributed by atoms with Gasteiger partial charge in [0.15, 0.2) is 5.82 Å². The number of nitrogens with one attached hydrogen (secondary N) is 1. The number of benzene rings is 1. The van der Waals surface area contributed by atoms with Gasteiger partial charge in [0.05, 0.1) is 10.2 Å². The van der Waals surface area contributed by atoms with Crippen molar-refractivity contribution in [1.29, 1.82) is 0 Å². The van der Waals surface area contributed by atoms with Crippen LogP contribution in [0.4, 0.5) is 10.1 Å². The number of anilines is 1. The smallest absolute Gasteiger partial charge is 0.161 e. The van der Waals surface area contributed by atoms with Crippen LogP contribution in [0.5, 0.6) is 0 Å². The average Bonchev–Trinajstić information content (AvgIpc) is 2.92. The maximum absolute atomic E-state index is 14.1. The molecule has 0 saturated carbocycles. The van der Waals surface area contributed by atoms with Gasteiger partial charge in [0, 0.05) is 31.0 Å². The lowest BCUT2D eigenvalue weighted by Gasteiger charge is -2.11. The zero-order chi connectivity index (χ0) is 14.5. The zero-order valence-corrected chi connectivity index (χ0v) is 13.0. The molecule has 0 spiro atoms. The summed E-state index contributed by atoms with van der Waals surface area (Å²) in [5.41, 5.74) is 6.44. The standard InChI is InChI=1S/C13H14BrFN4S/c14-11-9(13(16)20)3-4-10(12(11)15)17-5-1-7-19-8-2-6-18-19/h2-4,6,8,17H,1,5,7H2,(H2,16,20). The van der Waals surface area contributed by atoms with Gasteiger partial charge >= 0.3 is 0 Å². The zero-order valence-electron chi connectivity index (χ0n) is 10.6. The maximum atomic E-state index is 14.1. The molecule has 0 amide bonds. The molecule has 20 heavy (non-hydrogen) atoms. The minimum atomic E-state index is -0.380. The number of rotatable bonds is 6. The minimum absolute atomic E-state index is 0.168. The van der Waals surface area contributed by atoms with Gasteiger partial charge in [-0.25, -0.2) is 4.39 Å². The number of hydrogen-bond donors (Lipinski definition) is 2. The largest absolute Gasteiger partial charge is 0.389 e. The Kier molecular flexibility index (Phi) is 5.08. The molecular weight excluding hydrogens is 343 g/mol.